The Morgan fingerprint density at radius 3 is 2.87 bits per heavy atom. The predicted molar refractivity (Wildman–Crippen MR) is 113 cm³/mol. The number of aromatic amines is 1. The molecule has 1 aliphatic heterocycles. The van der Waals surface area contributed by atoms with Gasteiger partial charge in [-0.25, -0.2) is 14.4 Å². The smallest absolute Gasteiger partial charge is 0.222 e. The highest BCUT2D eigenvalue weighted by molar-refractivity contribution is 5.77. The Morgan fingerprint density at radius 2 is 2.03 bits per heavy atom. The largest absolute Gasteiger partial charge is 0.343 e. The standard InChI is InChI=1S/C23H24FN5O/c1-15-20(29-11-3-2-4-21(29)25-15)7-8-22(30)28-12-9-16(10-13-28)23-26-18-6-5-17(24)14-19(18)27-23/h2-6,11,14,16H,7-10,12-13H2,1H3,(H,26,27). The maximum atomic E-state index is 13.4. The van der Waals surface area contributed by atoms with Gasteiger partial charge in [-0.3, -0.25) is 4.79 Å². The molecule has 0 atom stereocenters. The van der Waals surface area contributed by atoms with Gasteiger partial charge in [-0.05, 0) is 56.5 Å². The Bertz CT molecular complexity index is 1220. The fourth-order valence-electron chi connectivity index (χ4n) is 4.45. The van der Waals surface area contributed by atoms with E-state index in [-0.39, 0.29) is 17.6 Å². The number of likely N-dealkylation sites (tertiary alicyclic amines) is 1. The summed E-state index contributed by atoms with van der Waals surface area (Å²) in [5.41, 5.74) is 4.52. The fourth-order valence-corrected chi connectivity index (χ4v) is 4.45. The van der Waals surface area contributed by atoms with Crippen LogP contribution in [0.25, 0.3) is 16.7 Å². The van der Waals surface area contributed by atoms with Crippen molar-refractivity contribution >= 4 is 22.6 Å². The summed E-state index contributed by atoms with van der Waals surface area (Å²) in [4.78, 5) is 27.2. The van der Waals surface area contributed by atoms with Gasteiger partial charge in [0.2, 0.25) is 5.91 Å². The Hall–Kier alpha value is -3.22. The van der Waals surface area contributed by atoms with E-state index in [4.69, 9.17) is 0 Å². The second-order valence-electron chi connectivity index (χ2n) is 8.01. The van der Waals surface area contributed by atoms with E-state index in [0.29, 0.717) is 12.8 Å². The first-order chi connectivity index (χ1) is 14.6. The van der Waals surface area contributed by atoms with Crippen LogP contribution in [0.15, 0.2) is 42.6 Å². The third-order valence-electron chi connectivity index (χ3n) is 6.10. The van der Waals surface area contributed by atoms with E-state index in [2.05, 4.69) is 19.4 Å². The molecular weight excluding hydrogens is 381 g/mol. The molecule has 5 rings (SSSR count). The lowest BCUT2D eigenvalue weighted by Crippen LogP contribution is -2.38. The monoisotopic (exact) mass is 405 g/mol. The lowest BCUT2D eigenvalue weighted by Gasteiger charge is -2.31. The maximum Gasteiger partial charge on any atom is 0.222 e. The number of halogens is 1. The molecule has 30 heavy (non-hydrogen) atoms. The Labute approximate surface area is 173 Å². The average Bonchev–Trinajstić information content (AvgIpc) is 3.32. The van der Waals surface area contributed by atoms with E-state index in [1.807, 2.05) is 36.2 Å². The Morgan fingerprint density at radius 1 is 1.20 bits per heavy atom. The van der Waals surface area contributed by atoms with Crippen LogP contribution in [-0.2, 0) is 11.2 Å². The van der Waals surface area contributed by atoms with Crippen molar-refractivity contribution in [1.82, 2.24) is 24.3 Å². The number of hydrogen-bond donors (Lipinski definition) is 1. The molecule has 0 spiro atoms. The number of rotatable bonds is 4. The van der Waals surface area contributed by atoms with Crippen molar-refractivity contribution < 1.29 is 9.18 Å². The van der Waals surface area contributed by atoms with Gasteiger partial charge in [0.1, 0.15) is 17.3 Å². The normalized spacial score (nSPS) is 15.3. The molecule has 1 aromatic carbocycles. The molecule has 1 N–H and O–H groups in total. The second-order valence-corrected chi connectivity index (χ2v) is 8.01. The number of fused-ring (bicyclic) bond motifs is 2. The van der Waals surface area contributed by atoms with Crippen molar-refractivity contribution in [3.05, 3.63) is 65.6 Å². The van der Waals surface area contributed by atoms with Crippen LogP contribution in [0.5, 0.6) is 0 Å². The molecule has 1 amide bonds. The number of nitrogens with zero attached hydrogens (tertiary/aromatic N) is 4. The highest BCUT2D eigenvalue weighted by Crippen LogP contribution is 2.28. The molecule has 0 unspecified atom stereocenters. The first kappa shape index (κ1) is 18.8. The minimum Gasteiger partial charge on any atom is -0.343 e. The Balaban J connectivity index is 1.20. The molecule has 0 aliphatic carbocycles. The quantitative estimate of drug-likeness (QED) is 0.558. The number of pyridine rings is 1. The lowest BCUT2D eigenvalue weighted by molar-refractivity contribution is -0.132. The van der Waals surface area contributed by atoms with Crippen molar-refractivity contribution in [3.8, 4) is 0 Å². The minimum absolute atomic E-state index is 0.186. The van der Waals surface area contributed by atoms with E-state index < -0.39 is 0 Å². The van der Waals surface area contributed by atoms with Crippen molar-refractivity contribution in [1.29, 1.82) is 0 Å². The number of carbonyl (C=O) groups excluding carboxylic acids is 1. The van der Waals surface area contributed by atoms with Gasteiger partial charge in [-0.1, -0.05) is 6.07 Å². The van der Waals surface area contributed by atoms with Gasteiger partial charge in [0.05, 0.1) is 16.7 Å². The van der Waals surface area contributed by atoms with E-state index in [9.17, 15) is 9.18 Å². The summed E-state index contributed by atoms with van der Waals surface area (Å²) in [5.74, 6) is 1.08. The summed E-state index contributed by atoms with van der Waals surface area (Å²) in [5, 5.41) is 0. The molecule has 0 saturated carbocycles. The number of amides is 1. The van der Waals surface area contributed by atoms with Crippen molar-refractivity contribution in [2.24, 2.45) is 0 Å². The molecule has 154 valence electrons. The molecule has 3 aromatic heterocycles. The Kier molecular flexibility index (Phi) is 4.73. The zero-order valence-electron chi connectivity index (χ0n) is 16.9. The zero-order valence-corrected chi connectivity index (χ0v) is 16.9. The molecule has 1 aliphatic rings. The van der Waals surface area contributed by atoms with Crippen LogP contribution < -0.4 is 0 Å². The van der Waals surface area contributed by atoms with Crippen molar-refractivity contribution in [2.45, 2.75) is 38.5 Å². The first-order valence-electron chi connectivity index (χ1n) is 10.4. The summed E-state index contributed by atoms with van der Waals surface area (Å²) in [7, 11) is 0. The molecule has 7 heteroatoms. The summed E-state index contributed by atoms with van der Waals surface area (Å²) < 4.78 is 15.5. The van der Waals surface area contributed by atoms with E-state index in [1.165, 1.54) is 12.1 Å². The van der Waals surface area contributed by atoms with Crippen LogP contribution in [0.1, 0.15) is 42.4 Å². The SMILES string of the molecule is Cc1nc2ccccn2c1CCC(=O)N1CCC(c2nc3ccc(F)cc3[nH]2)CC1. The molecule has 0 radical (unpaired) electrons. The van der Waals surface area contributed by atoms with Crippen LogP contribution in [0.4, 0.5) is 4.39 Å². The highest BCUT2D eigenvalue weighted by atomic mass is 19.1. The van der Waals surface area contributed by atoms with Gasteiger partial charge in [-0.15, -0.1) is 0 Å². The van der Waals surface area contributed by atoms with Crippen LogP contribution in [0.2, 0.25) is 0 Å². The number of hydrogen-bond acceptors (Lipinski definition) is 3. The van der Waals surface area contributed by atoms with E-state index in [1.54, 1.807) is 6.07 Å². The molecule has 4 aromatic rings. The van der Waals surface area contributed by atoms with E-state index >= 15 is 0 Å². The predicted octanol–water partition coefficient (Wildman–Crippen LogP) is 4.00. The number of carbonyl (C=O) groups is 1. The molecule has 1 fully saturated rings. The molecule has 1 saturated heterocycles. The number of aromatic nitrogens is 4. The molecule has 6 nitrogen and oxygen atoms in total. The highest BCUT2D eigenvalue weighted by Gasteiger charge is 2.26. The van der Waals surface area contributed by atoms with Crippen molar-refractivity contribution in [2.75, 3.05) is 13.1 Å². The van der Waals surface area contributed by atoms with Crippen LogP contribution in [0, 0.1) is 12.7 Å². The topological polar surface area (TPSA) is 66.3 Å². The summed E-state index contributed by atoms with van der Waals surface area (Å²) in [6.45, 7) is 3.44. The number of imidazole rings is 2. The minimum atomic E-state index is -0.265. The number of benzene rings is 1. The average molecular weight is 405 g/mol. The van der Waals surface area contributed by atoms with Gasteiger partial charge in [0.15, 0.2) is 0 Å². The first-order valence-corrected chi connectivity index (χ1v) is 10.4. The maximum absolute atomic E-state index is 13.4. The molecule has 4 heterocycles. The third kappa shape index (κ3) is 3.44. The van der Waals surface area contributed by atoms with Crippen molar-refractivity contribution in [3.63, 3.8) is 0 Å². The van der Waals surface area contributed by atoms with Gasteiger partial charge >= 0.3 is 0 Å². The van der Waals surface area contributed by atoms with Crippen LogP contribution in [0.3, 0.4) is 0 Å². The number of nitrogens with one attached hydrogen (secondary N) is 1. The van der Waals surface area contributed by atoms with Gasteiger partial charge in [-0.2, -0.15) is 0 Å². The molecular formula is C23H24FN5O. The van der Waals surface area contributed by atoms with Crippen LogP contribution in [-0.4, -0.2) is 43.2 Å². The number of aryl methyl sites for hydroxylation is 2. The van der Waals surface area contributed by atoms with Gasteiger partial charge in [0, 0.05) is 37.3 Å². The van der Waals surface area contributed by atoms with Crippen LogP contribution >= 0.6 is 0 Å². The third-order valence-corrected chi connectivity index (χ3v) is 6.10. The van der Waals surface area contributed by atoms with Gasteiger partial charge in [0.25, 0.3) is 0 Å². The van der Waals surface area contributed by atoms with E-state index in [0.717, 1.165) is 59.8 Å². The lowest BCUT2D eigenvalue weighted by atomic mass is 9.96. The number of H-pyrrole nitrogens is 1. The summed E-state index contributed by atoms with van der Waals surface area (Å²) in [6.07, 6.45) is 4.90. The summed E-state index contributed by atoms with van der Waals surface area (Å²) in [6, 6.07) is 10.5. The summed E-state index contributed by atoms with van der Waals surface area (Å²) >= 11 is 0. The second kappa shape index (κ2) is 7.55. The fraction of sp³-hybridized carbons (Fsp3) is 0.348. The molecule has 0 bridgehead atoms. The number of piperidine rings is 1. The van der Waals surface area contributed by atoms with Gasteiger partial charge < -0.3 is 14.3 Å². The zero-order chi connectivity index (χ0) is 20.7.